The minimum atomic E-state index is 0.0261. The molecule has 0 bridgehead atoms. The molecule has 1 N–H and O–H groups in total. The van der Waals surface area contributed by atoms with Crippen LogP contribution in [0.25, 0.3) is 0 Å². The Morgan fingerprint density at radius 3 is 2.71 bits per heavy atom. The number of morpholine rings is 1. The Balaban J connectivity index is 1.98. The Bertz CT molecular complexity index is 234. The van der Waals surface area contributed by atoms with Crippen molar-refractivity contribution in [3.05, 3.63) is 0 Å². The summed E-state index contributed by atoms with van der Waals surface area (Å²) >= 11 is 0. The van der Waals surface area contributed by atoms with Crippen molar-refractivity contribution in [1.29, 1.82) is 0 Å². The first-order valence-corrected chi connectivity index (χ1v) is 7.25. The maximum Gasteiger partial charge on any atom is 0.0936 e. The molecule has 2 fully saturated rings. The van der Waals surface area contributed by atoms with Gasteiger partial charge >= 0.3 is 0 Å². The van der Waals surface area contributed by atoms with Gasteiger partial charge in [-0.25, -0.2) is 0 Å². The van der Waals surface area contributed by atoms with Crippen molar-refractivity contribution >= 4 is 0 Å². The van der Waals surface area contributed by atoms with Gasteiger partial charge in [0.05, 0.1) is 18.8 Å². The van der Waals surface area contributed by atoms with Crippen LogP contribution in [-0.4, -0.2) is 48.0 Å². The first-order chi connectivity index (χ1) is 8.24. The fraction of sp³-hybridized carbons (Fsp3) is 1.00. The van der Waals surface area contributed by atoms with Gasteiger partial charge in [0, 0.05) is 19.1 Å². The summed E-state index contributed by atoms with van der Waals surface area (Å²) in [5.74, 6) is 0.855. The Hall–Kier alpha value is -0.120. The van der Waals surface area contributed by atoms with Crippen LogP contribution < -0.4 is 0 Å². The van der Waals surface area contributed by atoms with Crippen LogP contribution >= 0.6 is 0 Å². The molecule has 2 aliphatic rings. The van der Waals surface area contributed by atoms with Gasteiger partial charge in [-0.15, -0.1) is 0 Å². The fourth-order valence-electron chi connectivity index (χ4n) is 3.60. The summed E-state index contributed by atoms with van der Waals surface area (Å²) in [5.41, 5.74) is 0. The molecule has 17 heavy (non-hydrogen) atoms. The largest absolute Gasteiger partial charge is 0.394 e. The topological polar surface area (TPSA) is 32.7 Å². The lowest BCUT2D eigenvalue weighted by molar-refractivity contribution is -0.114. The molecule has 0 aromatic heterocycles. The van der Waals surface area contributed by atoms with Crippen molar-refractivity contribution in [2.24, 2.45) is 5.92 Å². The van der Waals surface area contributed by atoms with E-state index in [0.717, 1.165) is 25.0 Å². The monoisotopic (exact) mass is 241 g/mol. The van der Waals surface area contributed by atoms with Crippen molar-refractivity contribution < 1.29 is 9.84 Å². The molecule has 0 spiro atoms. The summed E-state index contributed by atoms with van der Waals surface area (Å²) < 4.78 is 5.73. The molecule has 2 rings (SSSR count). The standard InChI is InChI=1S/C14H27NO2/c1-3-12-6-4-5-7-14(12)15-8-11(2)17-13(9-15)10-16/h11-14,16H,3-10H2,1-2H3. The second-order valence-electron chi connectivity index (χ2n) is 5.73. The molecule has 0 radical (unpaired) electrons. The van der Waals surface area contributed by atoms with Crippen molar-refractivity contribution in [2.75, 3.05) is 19.7 Å². The highest BCUT2D eigenvalue weighted by Gasteiger charge is 2.34. The normalized spacial score (nSPS) is 40.4. The van der Waals surface area contributed by atoms with E-state index < -0.39 is 0 Å². The lowest BCUT2D eigenvalue weighted by Gasteiger charge is -2.45. The molecule has 4 atom stereocenters. The average molecular weight is 241 g/mol. The number of hydrogen-bond donors (Lipinski definition) is 1. The lowest BCUT2D eigenvalue weighted by atomic mass is 9.81. The van der Waals surface area contributed by atoms with E-state index in [0.29, 0.717) is 0 Å². The molecule has 3 heteroatoms. The third-order valence-electron chi connectivity index (χ3n) is 4.42. The molecule has 4 unspecified atom stereocenters. The molecular weight excluding hydrogens is 214 g/mol. The van der Waals surface area contributed by atoms with Gasteiger partial charge in [-0.05, 0) is 25.7 Å². The zero-order chi connectivity index (χ0) is 12.3. The predicted molar refractivity (Wildman–Crippen MR) is 69.0 cm³/mol. The maximum atomic E-state index is 9.30. The molecule has 0 aromatic rings. The number of rotatable bonds is 3. The number of aliphatic hydroxyl groups excluding tert-OH is 1. The summed E-state index contributed by atoms with van der Waals surface area (Å²) in [6.45, 7) is 6.55. The van der Waals surface area contributed by atoms with Gasteiger partial charge in [-0.3, -0.25) is 4.90 Å². The smallest absolute Gasteiger partial charge is 0.0936 e. The Morgan fingerprint density at radius 2 is 2.00 bits per heavy atom. The first kappa shape index (κ1) is 13.3. The van der Waals surface area contributed by atoms with Crippen molar-refractivity contribution in [2.45, 2.75) is 64.2 Å². The lowest BCUT2D eigenvalue weighted by Crippen LogP contribution is -2.54. The molecular formula is C14H27NO2. The van der Waals surface area contributed by atoms with Gasteiger partial charge in [0.15, 0.2) is 0 Å². The second kappa shape index (κ2) is 6.17. The van der Waals surface area contributed by atoms with Crippen LogP contribution in [0.1, 0.15) is 46.0 Å². The van der Waals surface area contributed by atoms with E-state index in [1.807, 2.05) is 0 Å². The van der Waals surface area contributed by atoms with E-state index >= 15 is 0 Å². The fourth-order valence-corrected chi connectivity index (χ4v) is 3.60. The van der Waals surface area contributed by atoms with Crippen LogP contribution in [0.2, 0.25) is 0 Å². The van der Waals surface area contributed by atoms with Gasteiger partial charge in [-0.1, -0.05) is 26.2 Å². The predicted octanol–water partition coefficient (Wildman–Crippen LogP) is 2.04. The summed E-state index contributed by atoms with van der Waals surface area (Å²) in [4.78, 5) is 2.59. The molecule has 3 nitrogen and oxygen atoms in total. The zero-order valence-corrected chi connectivity index (χ0v) is 11.3. The summed E-state index contributed by atoms with van der Waals surface area (Å²) in [5, 5.41) is 9.30. The van der Waals surface area contributed by atoms with E-state index in [1.54, 1.807) is 0 Å². The van der Waals surface area contributed by atoms with Crippen molar-refractivity contribution in [3.8, 4) is 0 Å². The van der Waals surface area contributed by atoms with Crippen LogP contribution in [0, 0.1) is 5.92 Å². The minimum absolute atomic E-state index is 0.0261. The number of aliphatic hydroxyl groups is 1. The second-order valence-corrected chi connectivity index (χ2v) is 5.73. The molecule has 1 saturated heterocycles. The summed E-state index contributed by atoms with van der Waals surface area (Å²) in [6.07, 6.45) is 7.08. The van der Waals surface area contributed by atoms with Gasteiger partial charge in [-0.2, -0.15) is 0 Å². The number of nitrogens with zero attached hydrogens (tertiary/aromatic N) is 1. The summed E-state index contributed by atoms with van der Waals surface area (Å²) in [6, 6.07) is 0.731. The molecule has 0 amide bonds. The van der Waals surface area contributed by atoms with Crippen LogP contribution in [-0.2, 0) is 4.74 Å². The van der Waals surface area contributed by atoms with Crippen molar-refractivity contribution in [1.82, 2.24) is 4.90 Å². The minimum Gasteiger partial charge on any atom is -0.394 e. The zero-order valence-electron chi connectivity index (χ0n) is 11.3. The number of hydrogen-bond acceptors (Lipinski definition) is 3. The highest BCUT2D eigenvalue weighted by atomic mass is 16.5. The van der Waals surface area contributed by atoms with Gasteiger partial charge in [0.25, 0.3) is 0 Å². The molecule has 1 heterocycles. The third-order valence-corrected chi connectivity index (χ3v) is 4.42. The van der Waals surface area contributed by atoms with Gasteiger partial charge in [0.2, 0.25) is 0 Å². The molecule has 100 valence electrons. The van der Waals surface area contributed by atoms with E-state index in [4.69, 9.17) is 4.74 Å². The Labute approximate surface area is 105 Å². The quantitative estimate of drug-likeness (QED) is 0.820. The van der Waals surface area contributed by atoms with Gasteiger partial charge in [0.1, 0.15) is 0 Å². The first-order valence-electron chi connectivity index (χ1n) is 7.25. The van der Waals surface area contributed by atoms with E-state index in [1.165, 1.54) is 32.1 Å². The number of ether oxygens (including phenoxy) is 1. The van der Waals surface area contributed by atoms with Gasteiger partial charge < -0.3 is 9.84 Å². The Morgan fingerprint density at radius 1 is 1.24 bits per heavy atom. The van der Waals surface area contributed by atoms with Crippen LogP contribution in [0.5, 0.6) is 0 Å². The van der Waals surface area contributed by atoms with Crippen molar-refractivity contribution in [3.63, 3.8) is 0 Å². The van der Waals surface area contributed by atoms with E-state index in [9.17, 15) is 5.11 Å². The molecule has 1 aliphatic carbocycles. The molecule has 1 aliphatic heterocycles. The summed E-state index contributed by atoms with van der Waals surface area (Å²) in [7, 11) is 0. The van der Waals surface area contributed by atoms with E-state index in [-0.39, 0.29) is 18.8 Å². The van der Waals surface area contributed by atoms with E-state index in [2.05, 4.69) is 18.7 Å². The van der Waals surface area contributed by atoms with Crippen LogP contribution in [0.15, 0.2) is 0 Å². The van der Waals surface area contributed by atoms with Crippen LogP contribution in [0.3, 0.4) is 0 Å². The maximum absolute atomic E-state index is 9.30. The highest BCUT2D eigenvalue weighted by Crippen LogP contribution is 2.32. The third kappa shape index (κ3) is 3.21. The Kier molecular flexibility index (Phi) is 4.83. The molecule has 0 aromatic carbocycles. The molecule has 1 saturated carbocycles. The van der Waals surface area contributed by atoms with Crippen LogP contribution in [0.4, 0.5) is 0 Å². The SMILES string of the molecule is CCC1CCCCC1N1CC(C)OC(CO)C1. The average Bonchev–Trinajstić information content (AvgIpc) is 2.37. The highest BCUT2D eigenvalue weighted by molar-refractivity contribution is 4.87.